The van der Waals surface area contributed by atoms with E-state index in [1.807, 2.05) is 60.7 Å². The minimum absolute atomic E-state index is 0.162. The van der Waals surface area contributed by atoms with Crippen LogP contribution < -0.4 is 19.7 Å². The highest BCUT2D eigenvalue weighted by atomic mass is 16.5. The second kappa shape index (κ2) is 11.8. The molecule has 5 aromatic carbocycles. The molecule has 0 atom stereocenters. The predicted octanol–water partition coefficient (Wildman–Crippen LogP) is 6.66. The van der Waals surface area contributed by atoms with Gasteiger partial charge in [-0.2, -0.15) is 0 Å². The van der Waals surface area contributed by atoms with Gasteiger partial charge in [-0.25, -0.2) is 9.69 Å². The fraction of sp³-hybridized carbons (Fsp3) is 0.0571. The van der Waals surface area contributed by atoms with Crippen LogP contribution in [0.2, 0.25) is 0 Å². The summed E-state index contributed by atoms with van der Waals surface area (Å²) in [6, 6.07) is 36.8. The van der Waals surface area contributed by atoms with E-state index in [0.717, 1.165) is 26.8 Å². The van der Waals surface area contributed by atoms with E-state index in [1.165, 1.54) is 6.08 Å². The molecule has 1 saturated heterocycles. The number of nitrogens with zero attached hydrogens (tertiary/aromatic N) is 1. The number of imide groups is 2. The second-order valence-electron chi connectivity index (χ2n) is 9.73. The first-order valence-corrected chi connectivity index (χ1v) is 13.4. The van der Waals surface area contributed by atoms with Crippen LogP contribution in [0, 0.1) is 0 Å². The summed E-state index contributed by atoms with van der Waals surface area (Å²) >= 11 is 0. The van der Waals surface area contributed by atoms with Crippen molar-refractivity contribution in [3.8, 4) is 11.5 Å². The lowest BCUT2D eigenvalue weighted by Crippen LogP contribution is -2.54. The minimum atomic E-state index is -0.813. The quantitative estimate of drug-likeness (QED) is 0.171. The maximum Gasteiger partial charge on any atom is 0.335 e. The third kappa shape index (κ3) is 5.76. The molecule has 0 saturated carbocycles. The summed E-state index contributed by atoms with van der Waals surface area (Å²) in [5, 5.41) is 4.51. The van der Waals surface area contributed by atoms with Crippen molar-refractivity contribution in [2.24, 2.45) is 0 Å². The van der Waals surface area contributed by atoms with Gasteiger partial charge in [-0.1, -0.05) is 84.9 Å². The molecule has 0 aromatic heterocycles. The fourth-order valence-corrected chi connectivity index (χ4v) is 4.76. The zero-order valence-electron chi connectivity index (χ0n) is 22.5. The maximum absolute atomic E-state index is 13.4. The van der Waals surface area contributed by atoms with Crippen molar-refractivity contribution in [1.29, 1.82) is 0 Å². The zero-order valence-corrected chi connectivity index (χ0v) is 22.5. The molecule has 0 spiro atoms. The Morgan fingerprint density at radius 1 is 0.667 bits per heavy atom. The monoisotopic (exact) mass is 554 g/mol. The molecular weight excluding hydrogens is 528 g/mol. The molecule has 4 amide bonds. The normalized spacial score (nSPS) is 14.2. The Morgan fingerprint density at radius 2 is 1.38 bits per heavy atom. The lowest BCUT2D eigenvalue weighted by molar-refractivity contribution is -0.122. The molecule has 0 radical (unpaired) electrons. The van der Waals surface area contributed by atoms with Gasteiger partial charge in [0.05, 0.1) is 5.69 Å². The molecule has 0 unspecified atom stereocenters. The van der Waals surface area contributed by atoms with Crippen LogP contribution in [0.3, 0.4) is 0 Å². The van der Waals surface area contributed by atoms with Crippen molar-refractivity contribution in [3.05, 3.63) is 144 Å². The molecule has 1 aliphatic rings. The van der Waals surface area contributed by atoms with Crippen LogP contribution in [0.15, 0.2) is 127 Å². The van der Waals surface area contributed by atoms with Crippen LogP contribution in [0.4, 0.5) is 10.5 Å². The minimum Gasteiger partial charge on any atom is -0.489 e. The lowest BCUT2D eigenvalue weighted by atomic mass is 10.1. The third-order valence-electron chi connectivity index (χ3n) is 6.89. The number of rotatable bonds is 8. The van der Waals surface area contributed by atoms with Gasteiger partial charge < -0.3 is 9.47 Å². The predicted molar refractivity (Wildman–Crippen MR) is 161 cm³/mol. The number of hydrogen-bond donors (Lipinski definition) is 1. The third-order valence-corrected chi connectivity index (χ3v) is 6.89. The number of carbonyl (C=O) groups excluding carboxylic acids is 3. The van der Waals surface area contributed by atoms with Crippen molar-refractivity contribution in [2.75, 3.05) is 4.90 Å². The van der Waals surface area contributed by atoms with E-state index < -0.39 is 17.8 Å². The summed E-state index contributed by atoms with van der Waals surface area (Å²) in [6.07, 6.45) is 1.46. The Kier molecular flexibility index (Phi) is 7.46. The summed E-state index contributed by atoms with van der Waals surface area (Å²) in [5.41, 5.74) is 2.80. The van der Waals surface area contributed by atoms with Crippen LogP contribution >= 0.6 is 0 Å². The number of carbonyl (C=O) groups is 3. The zero-order chi connectivity index (χ0) is 28.9. The average molecular weight is 555 g/mol. The summed E-state index contributed by atoms with van der Waals surface area (Å²) in [4.78, 5) is 39.7. The summed E-state index contributed by atoms with van der Waals surface area (Å²) in [5.74, 6) is -0.311. The van der Waals surface area contributed by atoms with Gasteiger partial charge in [0, 0.05) is 0 Å². The molecule has 7 nitrogen and oxygen atoms in total. The molecule has 206 valence electrons. The van der Waals surface area contributed by atoms with E-state index in [2.05, 4.69) is 23.5 Å². The van der Waals surface area contributed by atoms with Crippen molar-refractivity contribution in [2.45, 2.75) is 13.2 Å². The molecular formula is C35H26N2O5. The molecule has 6 rings (SSSR count). The topological polar surface area (TPSA) is 84.9 Å². The highest BCUT2D eigenvalue weighted by Crippen LogP contribution is 2.26. The molecule has 0 aliphatic carbocycles. The van der Waals surface area contributed by atoms with Crippen LogP contribution in [0.1, 0.15) is 16.7 Å². The van der Waals surface area contributed by atoms with Gasteiger partial charge in [0.25, 0.3) is 11.8 Å². The number of barbiturate groups is 1. The van der Waals surface area contributed by atoms with Gasteiger partial charge in [-0.3, -0.25) is 14.9 Å². The Hall–Kier alpha value is -5.69. The Morgan fingerprint density at radius 3 is 2.21 bits per heavy atom. The molecule has 1 fully saturated rings. The van der Waals surface area contributed by atoms with E-state index in [1.54, 1.807) is 42.5 Å². The fourth-order valence-electron chi connectivity index (χ4n) is 4.76. The molecule has 1 heterocycles. The Bertz CT molecular complexity index is 1810. The van der Waals surface area contributed by atoms with Crippen LogP contribution in [0.25, 0.3) is 16.8 Å². The number of urea groups is 1. The first-order valence-electron chi connectivity index (χ1n) is 13.4. The molecule has 42 heavy (non-hydrogen) atoms. The van der Waals surface area contributed by atoms with Gasteiger partial charge in [-0.05, 0) is 69.9 Å². The second-order valence-corrected chi connectivity index (χ2v) is 9.73. The first-order chi connectivity index (χ1) is 20.5. The van der Waals surface area contributed by atoms with Gasteiger partial charge in [0.15, 0.2) is 0 Å². The van der Waals surface area contributed by atoms with E-state index >= 15 is 0 Å². The van der Waals surface area contributed by atoms with Crippen molar-refractivity contribution in [1.82, 2.24) is 5.32 Å². The van der Waals surface area contributed by atoms with Crippen LogP contribution in [-0.2, 0) is 22.8 Å². The van der Waals surface area contributed by atoms with Crippen LogP contribution in [0.5, 0.6) is 11.5 Å². The van der Waals surface area contributed by atoms with E-state index in [4.69, 9.17) is 9.47 Å². The SMILES string of the molecule is O=C1NC(=O)N(c2ccc(OCc3ccccc3)cc2)C(=O)/C1=C\c1cccc(OCc2cccc3ccccc23)c1. The molecule has 1 N–H and O–H groups in total. The lowest BCUT2D eigenvalue weighted by Gasteiger charge is -2.26. The van der Waals surface area contributed by atoms with E-state index in [0.29, 0.717) is 36.0 Å². The van der Waals surface area contributed by atoms with Gasteiger partial charge >= 0.3 is 6.03 Å². The summed E-state index contributed by atoms with van der Waals surface area (Å²) in [6.45, 7) is 0.740. The van der Waals surface area contributed by atoms with Crippen molar-refractivity contribution >= 4 is 40.4 Å². The average Bonchev–Trinajstić information content (AvgIpc) is 3.02. The molecule has 0 bridgehead atoms. The largest absolute Gasteiger partial charge is 0.489 e. The van der Waals surface area contributed by atoms with Gasteiger partial charge in [0.1, 0.15) is 30.3 Å². The molecule has 5 aromatic rings. The molecule has 1 aliphatic heterocycles. The standard InChI is InChI=1S/C35H26N2O5/c38-33-32(21-25-10-6-14-30(20-25)42-23-27-13-7-12-26-11-4-5-15-31(26)27)34(39)37(35(40)36-33)28-16-18-29(19-17-28)41-22-24-8-2-1-3-9-24/h1-21H,22-23H2,(H,36,38,40)/b32-21-. The maximum atomic E-state index is 13.4. The highest BCUT2D eigenvalue weighted by molar-refractivity contribution is 6.39. The number of anilines is 1. The van der Waals surface area contributed by atoms with Crippen molar-refractivity contribution < 1.29 is 23.9 Å². The van der Waals surface area contributed by atoms with E-state index in [-0.39, 0.29) is 5.57 Å². The highest BCUT2D eigenvalue weighted by Gasteiger charge is 2.36. The number of benzene rings is 5. The van der Waals surface area contributed by atoms with Crippen molar-refractivity contribution in [3.63, 3.8) is 0 Å². The number of hydrogen-bond acceptors (Lipinski definition) is 5. The summed E-state index contributed by atoms with van der Waals surface area (Å²) < 4.78 is 11.9. The van der Waals surface area contributed by atoms with Gasteiger partial charge in [-0.15, -0.1) is 0 Å². The Balaban J connectivity index is 1.17. The smallest absolute Gasteiger partial charge is 0.335 e. The first kappa shape index (κ1) is 26.5. The molecule has 7 heteroatoms. The van der Waals surface area contributed by atoms with Crippen LogP contribution in [-0.4, -0.2) is 17.8 Å². The number of ether oxygens (including phenoxy) is 2. The Labute approximate surface area is 242 Å². The van der Waals surface area contributed by atoms with E-state index in [9.17, 15) is 14.4 Å². The van der Waals surface area contributed by atoms with Gasteiger partial charge in [0.2, 0.25) is 0 Å². The number of fused-ring (bicyclic) bond motifs is 1. The number of amides is 4. The summed E-state index contributed by atoms with van der Waals surface area (Å²) in [7, 11) is 0. The number of nitrogens with one attached hydrogen (secondary N) is 1.